The van der Waals surface area contributed by atoms with Gasteiger partial charge in [0.25, 0.3) is 0 Å². The van der Waals surface area contributed by atoms with E-state index in [0.717, 1.165) is 0 Å². The lowest BCUT2D eigenvalue weighted by molar-refractivity contribution is -0.396. The second kappa shape index (κ2) is 26.3. The summed E-state index contributed by atoms with van der Waals surface area (Å²) in [7, 11) is -9.64. The van der Waals surface area contributed by atoms with E-state index in [1.807, 2.05) is 0 Å². The molecule has 0 bridgehead atoms. The standard InChI is InChI=1S/C39H70N2O34P2/c1-9-16(45)30(34-31(17(9)46)74-77(60,61)75-34)71-35-15(41)22(51)29(12(6-44)67-35)70-37-28(57)24(53)20(49)13(68-37)7-62-38-32(25(54)19(48)11(5-43)66-38)73-39-33(72-36-27(56)23(52)18(47)10(4-42)65-36)26(55)21(50)14(69-39)8-64-76(58,59)63-3-2-40/h9-39,42-57H,2-8,40-41H2,1H3,(H,58,59)(H,60,61). The number of aliphatic hydroxyl groups excluding tert-OH is 16. The SMILES string of the molecule is CC1C(O)C(OC2OC(CO)C(OC3OC(COC4OC(CO)C(O)C(O)C4OC4OC(COP(=O)(O)OCCN)C(O)C(O)C4OC4OC(CO)C(O)C(O)C4O)C(O)C(O)C3O)C(O)C2N)C2OP(=O)(O)OC2C1O. The molecule has 77 heavy (non-hydrogen) atoms. The molecule has 0 aromatic heterocycles. The van der Waals surface area contributed by atoms with Crippen LogP contribution in [0.5, 0.6) is 0 Å². The zero-order chi connectivity index (χ0) is 56.7. The molecule has 22 N–H and O–H groups in total. The minimum absolute atomic E-state index is 0.224. The van der Waals surface area contributed by atoms with E-state index in [-0.39, 0.29) is 6.54 Å². The van der Waals surface area contributed by atoms with Crippen LogP contribution in [-0.2, 0) is 74.6 Å². The molecule has 33 atom stereocenters. The number of hydrogen-bond acceptors (Lipinski definition) is 34. The maximum atomic E-state index is 12.5. The molecule has 6 heterocycles. The van der Waals surface area contributed by atoms with Crippen molar-refractivity contribution in [3.05, 3.63) is 0 Å². The van der Waals surface area contributed by atoms with Crippen molar-refractivity contribution in [2.45, 2.75) is 191 Å². The molecule has 38 heteroatoms. The summed E-state index contributed by atoms with van der Waals surface area (Å²) in [6, 6.07) is -1.66. The van der Waals surface area contributed by atoms with Crippen LogP contribution in [0.15, 0.2) is 0 Å². The highest BCUT2D eigenvalue weighted by molar-refractivity contribution is 7.47. The van der Waals surface area contributed by atoms with Crippen LogP contribution in [0.25, 0.3) is 0 Å². The molecule has 6 aliphatic heterocycles. The molecule has 0 radical (unpaired) electrons. The average molecular weight is 1170 g/mol. The number of phosphoric ester groups is 2. The first-order valence-electron chi connectivity index (χ1n) is 24.1. The first-order valence-corrected chi connectivity index (χ1v) is 27.1. The normalized spacial score (nSPS) is 52.5. The van der Waals surface area contributed by atoms with Gasteiger partial charge in [-0.3, -0.25) is 18.1 Å². The fourth-order valence-corrected chi connectivity index (χ4v) is 11.5. The number of phosphoric acid groups is 2. The first-order chi connectivity index (χ1) is 36.2. The van der Waals surface area contributed by atoms with E-state index >= 15 is 0 Å². The third-order valence-corrected chi connectivity index (χ3v) is 16.2. The molecule has 1 aliphatic carbocycles. The second-order valence-corrected chi connectivity index (χ2v) is 22.1. The molecule has 0 amide bonds. The van der Waals surface area contributed by atoms with Gasteiger partial charge in [-0.15, -0.1) is 0 Å². The maximum Gasteiger partial charge on any atom is 0.473 e. The molecule has 450 valence electrons. The fourth-order valence-electron chi connectivity index (χ4n) is 9.65. The van der Waals surface area contributed by atoms with Gasteiger partial charge in [-0.2, -0.15) is 0 Å². The second-order valence-electron chi connectivity index (χ2n) is 19.3. The summed E-state index contributed by atoms with van der Waals surface area (Å²) in [6.07, 6.45) is -55.5. The number of hydrogen-bond donors (Lipinski definition) is 20. The Morgan fingerprint density at radius 2 is 0.922 bits per heavy atom. The van der Waals surface area contributed by atoms with Crippen LogP contribution in [-0.4, -0.2) is 322 Å². The molecule has 7 fully saturated rings. The van der Waals surface area contributed by atoms with Crippen LogP contribution in [0.1, 0.15) is 6.92 Å². The van der Waals surface area contributed by atoms with Crippen molar-refractivity contribution in [1.29, 1.82) is 0 Å². The minimum Gasteiger partial charge on any atom is -0.394 e. The summed E-state index contributed by atoms with van der Waals surface area (Å²) in [5.74, 6) is -1.04. The van der Waals surface area contributed by atoms with E-state index in [1.165, 1.54) is 6.92 Å². The Bertz CT molecular complexity index is 1980. The summed E-state index contributed by atoms with van der Waals surface area (Å²) in [5.41, 5.74) is 11.6. The average Bonchev–Trinajstić information content (AvgIpc) is 3.77. The van der Waals surface area contributed by atoms with E-state index in [0.29, 0.717) is 0 Å². The minimum atomic E-state index is -4.91. The molecular formula is C39H70N2O34P2. The summed E-state index contributed by atoms with van der Waals surface area (Å²) in [5, 5.41) is 173. The Balaban J connectivity index is 1.08. The van der Waals surface area contributed by atoms with E-state index in [2.05, 4.69) is 4.52 Å². The fraction of sp³-hybridized carbons (Fsp3) is 1.00. The number of nitrogens with two attached hydrogens (primary N) is 2. The Kier molecular flexibility index (Phi) is 21.8. The first kappa shape index (κ1) is 63.7. The van der Waals surface area contributed by atoms with Gasteiger partial charge in [0, 0.05) is 12.5 Å². The van der Waals surface area contributed by atoms with Gasteiger partial charge in [-0.1, -0.05) is 6.92 Å². The van der Waals surface area contributed by atoms with Crippen molar-refractivity contribution in [2.24, 2.45) is 17.4 Å². The molecule has 36 nitrogen and oxygen atoms in total. The van der Waals surface area contributed by atoms with Gasteiger partial charge in [0.1, 0.15) is 134 Å². The highest BCUT2D eigenvalue weighted by Crippen LogP contribution is 2.57. The van der Waals surface area contributed by atoms with Crippen LogP contribution in [0, 0.1) is 5.92 Å². The Labute approximate surface area is 435 Å². The Hall–Kier alpha value is -0.900. The predicted molar refractivity (Wildman–Crippen MR) is 236 cm³/mol. The van der Waals surface area contributed by atoms with Crippen LogP contribution >= 0.6 is 15.6 Å². The highest BCUT2D eigenvalue weighted by atomic mass is 31.2. The monoisotopic (exact) mass is 1170 g/mol. The van der Waals surface area contributed by atoms with Crippen molar-refractivity contribution in [3.63, 3.8) is 0 Å². The zero-order valence-electron chi connectivity index (χ0n) is 40.5. The molecule has 1 saturated carbocycles. The summed E-state index contributed by atoms with van der Waals surface area (Å²) >= 11 is 0. The number of rotatable bonds is 20. The lowest BCUT2D eigenvalue weighted by atomic mass is 9.79. The molecule has 7 rings (SSSR count). The van der Waals surface area contributed by atoms with Crippen molar-refractivity contribution < 1.29 is 166 Å². The number of aliphatic hydroxyl groups is 16. The van der Waals surface area contributed by atoms with Crippen LogP contribution in [0.4, 0.5) is 0 Å². The van der Waals surface area contributed by atoms with Crippen LogP contribution in [0.3, 0.4) is 0 Å². The molecule has 7 aliphatic rings. The molecule has 0 aromatic rings. The predicted octanol–water partition coefficient (Wildman–Crippen LogP) is -12.2. The lowest BCUT2D eigenvalue weighted by Crippen LogP contribution is -2.68. The Morgan fingerprint density at radius 1 is 0.481 bits per heavy atom. The van der Waals surface area contributed by atoms with E-state index < -0.39 is 245 Å². The van der Waals surface area contributed by atoms with Gasteiger partial charge in [0.2, 0.25) is 0 Å². The smallest absolute Gasteiger partial charge is 0.394 e. The van der Waals surface area contributed by atoms with Gasteiger partial charge in [-0.25, -0.2) is 9.13 Å². The van der Waals surface area contributed by atoms with Crippen molar-refractivity contribution in [2.75, 3.05) is 46.2 Å². The van der Waals surface area contributed by atoms with Crippen LogP contribution in [0.2, 0.25) is 0 Å². The van der Waals surface area contributed by atoms with Crippen molar-refractivity contribution in [1.82, 2.24) is 0 Å². The maximum absolute atomic E-state index is 12.5. The quantitative estimate of drug-likeness (QED) is 0.0503. The van der Waals surface area contributed by atoms with Crippen molar-refractivity contribution >= 4 is 15.6 Å². The lowest BCUT2D eigenvalue weighted by Gasteiger charge is -2.49. The highest BCUT2D eigenvalue weighted by Gasteiger charge is 2.61. The van der Waals surface area contributed by atoms with Gasteiger partial charge in [0.05, 0.1) is 57.9 Å². The third-order valence-electron chi connectivity index (χ3n) is 14.2. The molecular weight excluding hydrogens is 1100 g/mol. The number of fused-ring (bicyclic) bond motifs is 1. The topological polar surface area (TPSA) is 580 Å². The van der Waals surface area contributed by atoms with Gasteiger partial charge < -0.3 is 150 Å². The molecule has 0 aromatic carbocycles. The number of ether oxygens (including phenoxy) is 10. The third kappa shape index (κ3) is 13.7. The molecule has 0 spiro atoms. The van der Waals surface area contributed by atoms with E-state index in [4.69, 9.17) is 72.4 Å². The molecule has 6 saturated heterocycles. The van der Waals surface area contributed by atoms with Crippen molar-refractivity contribution in [3.8, 4) is 0 Å². The zero-order valence-corrected chi connectivity index (χ0v) is 42.3. The van der Waals surface area contributed by atoms with Gasteiger partial charge in [-0.05, 0) is 0 Å². The summed E-state index contributed by atoms with van der Waals surface area (Å²) < 4.78 is 102. The van der Waals surface area contributed by atoms with E-state index in [1.54, 1.807) is 0 Å². The largest absolute Gasteiger partial charge is 0.473 e. The summed E-state index contributed by atoms with van der Waals surface area (Å²) in [4.78, 5) is 20.1. The van der Waals surface area contributed by atoms with E-state index in [9.17, 15) is 101 Å². The van der Waals surface area contributed by atoms with Gasteiger partial charge in [0.15, 0.2) is 31.5 Å². The summed E-state index contributed by atoms with van der Waals surface area (Å²) in [6.45, 7) is -4.27. The van der Waals surface area contributed by atoms with Crippen LogP contribution < -0.4 is 11.5 Å². The molecule has 33 unspecified atom stereocenters. The van der Waals surface area contributed by atoms with Gasteiger partial charge >= 0.3 is 15.6 Å². The Morgan fingerprint density at radius 3 is 1.51 bits per heavy atom.